The van der Waals surface area contributed by atoms with Gasteiger partial charge in [-0.05, 0) is 31.5 Å². The predicted molar refractivity (Wildman–Crippen MR) is 59.4 cm³/mol. The first-order chi connectivity index (χ1) is 7.84. The highest BCUT2D eigenvalue weighted by Crippen LogP contribution is 2.33. The average molecular weight is 249 g/mol. The summed E-state index contributed by atoms with van der Waals surface area (Å²) in [4.78, 5) is 0. The number of halogens is 4. The molecular formula is C12H15F4N. The molecule has 5 heteroatoms. The van der Waals surface area contributed by atoms with Gasteiger partial charge in [-0.3, -0.25) is 0 Å². The summed E-state index contributed by atoms with van der Waals surface area (Å²) in [5.41, 5.74) is -0.939. The van der Waals surface area contributed by atoms with E-state index in [-0.39, 0.29) is 6.04 Å². The van der Waals surface area contributed by atoms with E-state index in [2.05, 4.69) is 5.32 Å². The van der Waals surface area contributed by atoms with Crippen molar-refractivity contribution in [3.63, 3.8) is 0 Å². The maximum absolute atomic E-state index is 13.0. The van der Waals surface area contributed by atoms with Gasteiger partial charge < -0.3 is 5.32 Å². The Labute approximate surface area is 97.8 Å². The quantitative estimate of drug-likeness (QED) is 0.777. The molecule has 0 aliphatic rings. The van der Waals surface area contributed by atoms with Gasteiger partial charge in [-0.15, -0.1) is 0 Å². The van der Waals surface area contributed by atoms with Crippen molar-refractivity contribution in [2.24, 2.45) is 0 Å². The Hall–Kier alpha value is -1.26. The zero-order chi connectivity index (χ0) is 13.1. The number of rotatable bonds is 4. The molecule has 1 atom stereocenters. The van der Waals surface area contributed by atoms with Crippen molar-refractivity contribution < 1.29 is 17.6 Å². The monoisotopic (exact) mass is 249 g/mol. The molecule has 0 heterocycles. The highest BCUT2D eigenvalue weighted by molar-refractivity contribution is 5.47. The fourth-order valence-electron chi connectivity index (χ4n) is 1.62. The van der Waals surface area contributed by atoms with E-state index in [4.69, 9.17) is 0 Å². The van der Waals surface area contributed by atoms with Gasteiger partial charge in [0.05, 0.1) is 5.56 Å². The van der Waals surface area contributed by atoms with E-state index in [1.54, 1.807) is 0 Å². The first-order valence-corrected chi connectivity index (χ1v) is 5.48. The third kappa shape index (κ3) is 3.91. The molecule has 0 saturated carbocycles. The maximum atomic E-state index is 13.0. The Balaban J connectivity index is 2.89. The number of alkyl halides is 3. The predicted octanol–water partition coefficient (Wildman–Crippen LogP) is 4.45. The van der Waals surface area contributed by atoms with Crippen LogP contribution in [0.5, 0.6) is 0 Å². The lowest BCUT2D eigenvalue weighted by Gasteiger charge is -2.16. The van der Waals surface area contributed by atoms with Crippen molar-refractivity contribution >= 4 is 5.69 Å². The number of benzene rings is 1. The summed E-state index contributed by atoms with van der Waals surface area (Å²) >= 11 is 0. The smallest absolute Gasteiger partial charge is 0.383 e. The Morgan fingerprint density at radius 3 is 2.47 bits per heavy atom. The molecule has 0 aliphatic carbocycles. The minimum atomic E-state index is -4.66. The van der Waals surface area contributed by atoms with Crippen molar-refractivity contribution in [1.82, 2.24) is 0 Å². The van der Waals surface area contributed by atoms with Gasteiger partial charge >= 0.3 is 6.18 Å². The standard InChI is InChI=1S/C12H15F4N/c1-3-4-8(2)17-9-5-6-11(13)10(7-9)12(14,15)16/h5-8,17H,3-4H2,1-2H3. The molecule has 0 radical (unpaired) electrons. The largest absolute Gasteiger partial charge is 0.419 e. The van der Waals surface area contributed by atoms with Crippen molar-refractivity contribution in [3.8, 4) is 0 Å². The molecule has 0 aliphatic heterocycles. The Morgan fingerprint density at radius 2 is 1.94 bits per heavy atom. The molecule has 1 nitrogen and oxygen atoms in total. The van der Waals surface area contributed by atoms with Gasteiger partial charge in [-0.2, -0.15) is 13.2 Å². The molecule has 17 heavy (non-hydrogen) atoms. The lowest BCUT2D eigenvalue weighted by atomic mass is 10.1. The molecule has 0 saturated heterocycles. The van der Waals surface area contributed by atoms with Crippen LogP contribution in [0.25, 0.3) is 0 Å². The van der Waals surface area contributed by atoms with Crippen LogP contribution in [0, 0.1) is 5.82 Å². The molecule has 0 spiro atoms. The Bertz CT molecular complexity index is 373. The van der Waals surface area contributed by atoms with E-state index in [1.807, 2.05) is 13.8 Å². The maximum Gasteiger partial charge on any atom is 0.419 e. The van der Waals surface area contributed by atoms with E-state index in [1.165, 1.54) is 6.07 Å². The fourth-order valence-corrected chi connectivity index (χ4v) is 1.62. The van der Waals surface area contributed by atoms with Crippen LogP contribution in [0.3, 0.4) is 0 Å². The first-order valence-electron chi connectivity index (χ1n) is 5.48. The molecule has 0 bridgehead atoms. The fraction of sp³-hybridized carbons (Fsp3) is 0.500. The Kier molecular flexibility index (Phi) is 4.37. The molecule has 0 fully saturated rings. The third-order valence-electron chi connectivity index (χ3n) is 2.41. The zero-order valence-electron chi connectivity index (χ0n) is 9.74. The van der Waals surface area contributed by atoms with Crippen molar-refractivity contribution in [2.45, 2.75) is 38.9 Å². The van der Waals surface area contributed by atoms with Crippen molar-refractivity contribution in [3.05, 3.63) is 29.6 Å². The number of anilines is 1. The molecule has 1 aromatic carbocycles. The lowest BCUT2D eigenvalue weighted by Crippen LogP contribution is -2.16. The highest BCUT2D eigenvalue weighted by Gasteiger charge is 2.34. The lowest BCUT2D eigenvalue weighted by molar-refractivity contribution is -0.139. The summed E-state index contributed by atoms with van der Waals surface area (Å²) < 4.78 is 50.3. The second-order valence-electron chi connectivity index (χ2n) is 4.03. The first kappa shape index (κ1) is 13.8. The second kappa shape index (κ2) is 5.38. The zero-order valence-corrected chi connectivity index (χ0v) is 9.74. The number of nitrogens with one attached hydrogen (secondary N) is 1. The summed E-state index contributed by atoms with van der Waals surface area (Å²) in [7, 11) is 0. The van der Waals surface area contributed by atoms with E-state index < -0.39 is 17.6 Å². The molecule has 96 valence electrons. The van der Waals surface area contributed by atoms with Crippen LogP contribution in [-0.2, 0) is 6.18 Å². The Morgan fingerprint density at radius 1 is 1.29 bits per heavy atom. The summed E-state index contributed by atoms with van der Waals surface area (Å²) in [5, 5.41) is 2.92. The minimum Gasteiger partial charge on any atom is -0.383 e. The van der Waals surface area contributed by atoms with Crippen LogP contribution < -0.4 is 5.32 Å². The molecule has 1 rings (SSSR count). The third-order valence-corrected chi connectivity index (χ3v) is 2.41. The van der Waals surface area contributed by atoms with Crippen LogP contribution in [0.2, 0.25) is 0 Å². The van der Waals surface area contributed by atoms with Crippen molar-refractivity contribution in [2.75, 3.05) is 5.32 Å². The van der Waals surface area contributed by atoms with Crippen LogP contribution >= 0.6 is 0 Å². The van der Waals surface area contributed by atoms with E-state index in [0.29, 0.717) is 5.69 Å². The van der Waals surface area contributed by atoms with Crippen molar-refractivity contribution in [1.29, 1.82) is 0 Å². The highest BCUT2D eigenvalue weighted by atomic mass is 19.4. The molecule has 1 unspecified atom stereocenters. The van der Waals surface area contributed by atoms with E-state index in [0.717, 1.165) is 25.0 Å². The van der Waals surface area contributed by atoms with Gasteiger partial charge in [-0.25, -0.2) is 4.39 Å². The van der Waals surface area contributed by atoms with Gasteiger partial charge in [0.1, 0.15) is 5.82 Å². The van der Waals surface area contributed by atoms with Crippen LogP contribution in [-0.4, -0.2) is 6.04 Å². The minimum absolute atomic E-state index is 0.0616. The van der Waals surface area contributed by atoms with Crippen LogP contribution in [0.1, 0.15) is 32.3 Å². The van der Waals surface area contributed by atoms with Gasteiger partial charge in [-0.1, -0.05) is 13.3 Å². The molecule has 0 aromatic heterocycles. The van der Waals surface area contributed by atoms with Gasteiger partial charge in [0.2, 0.25) is 0 Å². The van der Waals surface area contributed by atoms with Gasteiger partial charge in [0, 0.05) is 11.7 Å². The van der Waals surface area contributed by atoms with Gasteiger partial charge in [0.25, 0.3) is 0 Å². The average Bonchev–Trinajstić information content (AvgIpc) is 2.19. The topological polar surface area (TPSA) is 12.0 Å². The SMILES string of the molecule is CCCC(C)Nc1ccc(F)c(C(F)(F)F)c1. The second-order valence-corrected chi connectivity index (χ2v) is 4.03. The molecule has 1 N–H and O–H groups in total. The normalized spacial score (nSPS) is 13.5. The molecular weight excluding hydrogens is 234 g/mol. The van der Waals surface area contributed by atoms with Crippen LogP contribution in [0.4, 0.5) is 23.2 Å². The molecule has 0 amide bonds. The molecule has 1 aromatic rings. The van der Waals surface area contributed by atoms with Crippen LogP contribution in [0.15, 0.2) is 18.2 Å². The number of hydrogen-bond acceptors (Lipinski definition) is 1. The van der Waals surface area contributed by atoms with Gasteiger partial charge in [0.15, 0.2) is 0 Å². The summed E-state index contributed by atoms with van der Waals surface area (Å²) in [5.74, 6) is -1.24. The van der Waals surface area contributed by atoms with E-state index >= 15 is 0 Å². The summed E-state index contributed by atoms with van der Waals surface area (Å²) in [6.45, 7) is 3.87. The van der Waals surface area contributed by atoms with E-state index in [9.17, 15) is 17.6 Å². The summed E-state index contributed by atoms with van der Waals surface area (Å²) in [6, 6.07) is 3.02. The summed E-state index contributed by atoms with van der Waals surface area (Å²) in [6.07, 6.45) is -2.88. The number of hydrogen-bond donors (Lipinski definition) is 1.